The third-order valence-corrected chi connectivity index (χ3v) is 3.44. The summed E-state index contributed by atoms with van der Waals surface area (Å²) >= 11 is 5.84. The van der Waals surface area contributed by atoms with E-state index in [4.69, 9.17) is 11.6 Å². The molecule has 1 N–H and O–H groups in total. The summed E-state index contributed by atoms with van der Waals surface area (Å²) in [5.74, 6) is 0. The molecule has 2 aromatic rings. The zero-order chi connectivity index (χ0) is 14.7. The van der Waals surface area contributed by atoms with Crippen molar-refractivity contribution in [2.24, 2.45) is 0 Å². The van der Waals surface area contributed by atoms with E-state index in [1.807, 2.05) is 6.92 Å². The Morgan fingerprint density at radius 2 is 1.85 bits per heavy atom. The first-order valence-electron chi connectivity index (χ1n) is 6.99. The second kappa shape index (κ2) is 6.26. The molecule has 0 saturated heterocycles. The molecule has 0 aliphatic heterocycles. The number of hydrogen-bond acceptors (Lipinski definition) is 3. The summed E-state index contributed by atoms with van der Waals surface area (Å²) in [6.45, 7) is 4.98. The van der Waals surface area contributed by atoms with Crippen LogP contribution in [0.5, 0.6) is 0 Å². The summed E-state index contributed by atoms with van der Waals surface area (Å²) in [5, 5.41) is 0.134. The molecule has 2 heterocycles. The van der Waals surface area contributed by atoms with Crippen LogP contribution < -0.4 is 11.2 Å². The molecule has 0 fully saturated rings. The Morgan fingerprint density at radius 3 is 2.50 bits per heavy atom. The van der Waals surface area contributed by atoms with Crippen LogP contribution >= 0.6 is 11.6 Å². The molecule has 0 saturated carbocycles. The van der Waals surface area contributed by atoms with Gasteiger partial charge in [-0.25, -0.2) is 4.79 Å². The number of imidazole rings is 1. The van der Waals surface area contributed by atoms with Crippen molar-refractivity contribution in [2.75, 3.05) is 0 Å². The lowest BCUT2D eigenvalue weighted by Gasteiger charge is -2.10. The summed E-state index contributed by atoms with van der Waals surface area (Å²) in [6, 6.07) is 0. The van der Waals surface area contributed by atoms with Crippen molar-refractivity contribution in [1.29, 1.82) is 0 Å². The number of nitrogens with zero attached hydrogens (tertiary/aromatic N) is 3. The number of halogens is 1. The van der Waals surface area contributed by atoms with E-state index >= 15 is 0 Å². The Morgan fingerprint density at radius 1 is 1.10 bits per heavy atom. The normalized spacial score (nSPS) is 11.3. The number of hydrogen-bond donors (Lipinski definition) is 1. The van der Waals surface area contributed by atoms with Crippen molar-refractivity contribution in [3.05, 3.63) is 26.1 Å². The number of H-pyrrole nitrogens is 1. The highest BCUT2D eigenvalue weighted by molar-refractivity contribution is 6.28. The van der Waals surface area contributed by atoms with Gasteiger partial charge in [-0.05, 0) is 24.4 Å². The molecule has 110 valence electrons. The monoisotopic (exact) mass is 298 g/mol. The average molecular weight is 299 g/mol. The molecule has 0 aliphatic carbocycles. The Kier molecular flexibility index (Phi) is 4.65. The molecule has 6 nitrogen and oxygen atoms in total. The quantitative estimate of drug-likeness (QED) is 0.656. The smallest absolute Gasteiger partial charge is 0.323 e. The van der Waals surface area contributed by atoms with Crippen molar-refractivity contribution in [1.82, 2.24) is 19.1 Å². The van der Waals surface area contributed by atoms with Gasteiger partial charge in [-0.1, -0.05) is 26.7 Å². The predicted octanol–water partition coefficient (Wildman–Crippen LogP) is 2.14. The molecule has 20 heavy (non-hydrogen) atoms. The second-order valence-corrected chi connectivity index (χ2v) is 5.18. The maximum absolute atomic E-state index is 12.4. The van der Waals surface area contributed by atoms with Crippen molar-refractivity contribution in [2.45, 2.75) is 52.6 Å². The van der Waals surface area contributed by atoms with Crippen LogP contribution in [0.2, 0.25) is 5.28 Å². The molecule has 0 aliphatic rings. The molecule has 2 aromatic heterocycles. The van der Waals surface area contributed by atoms with Crippen LogP contribution in [0.25, 0.3) is 11.2 Å². The SMILES string of the molecule is CCCCCn1c(=O)n(CCC)c(=O)c2[nH]c(Cl)nc21. The van der Waals surface area contributed by atoms with Crippen LogP contribution in [0, 0.1) is 0 Å². The third-order valence-electron chi connectivity index (χ3n) is 3.26. The van der Waals surface area contributed by atoms with E-state index < -0.39 is 0 Å². The lowest BCUT2D eigenvalue weighted by Crippen LogP contribution is -2.40. The lowest BCUT2D eigenvalue weighted by atomic mass is 10.2. The summed E-state index contributed by atoms with van der Waals surface area (Å²) in [7, 11) is 0. The first-order valence-corrected chi connectivity index (χ1v) is 7.36. The standard InChI is InChI=1S/C13H19ClN4O2/c1-3-5-6-8-17-10-9(15-12(14)16-10)11(19)18(7-4-2)13(17)20/h3-8H2,1-2H3,(H,15,16). The fourth-order valence-corrected chi connectivity index (χ4v) is 2.46. The fourth-order valence-electron chi connectivity index (χ4n) is 2.28. The van der Waals surface area contributed by atoms with Gasteiger partial charge in [-0.2, -0.15) is 4.98 Å². The minimum absolute atomic E-state index is 0.134. The number of nitrogens with one attached hydrogen (secondary N) is 1. The van der Waals surface area contributed by atoms with E-state index in [0.717, 1.165) is 25.7 Å². The van der Waals surface area contributed by atoms with E-state index in [1.54, 1.807) is 4.57 Å². The van der Waals surface area contributed by atoms with Crippen molar-refractivity contribution < 1.29 is 0 Å². The average Bonchev–Trinajstić information content (AvgIpc) is 2.80. The number of fused-ring (bicyclic) bond motifs is 1. The largest absolute Gasteiger partial charge is 0.332 e. The Balaban J connectivity index is 2.63. The van der Waals surface area contributed by atoms with E-state index in [-0.39, 0.29) is 16.5 Å². The zero-order valence-corrected chi connectivity index (χ0v) is 12.5. The molecule has 0 aromatic carbocycles. The van der Waals surface area contributed by atoms with Gasteiger partial charge >= 0.3 is 5.69 Å². The van der Waals surface area contributed by atoms with Crippen molar-refractivity contribution in [3.63, 3.8) is 0 Å². The molecular formula is C13H19ClN4O2. The minimum Gasteiger partial charge on any atom is -0.323 e. The number of unbranched alkanes of at least 4 members (excludes halogenated alkanes) is 2. The van der Waals surface area contributed by atoms with Crippen LogP contribution in [-0.4, -0.2) is 19.1 Å². The molecule has 0 atom stereocenters. The van der Waals surface area contributed by atoms with Gasteiger partial charge in [-0.3, -0.25) is 13.9 Å². The Hall–Kier alpha value is -1.56. The zero-order valence-electron chi connectivity index (χ0n) is 11.8. The van der Waals surface area contributed by atoms with E-state index in [1.165, 1.54) is 4.57 Å². The minimum atomic E-state index is -0.349. The third kappa shape index (κ3) is 2.65. The van der Waals surface area contributed by atoms with E-state index in [2.05, 4.69) is 16.9 Å². The van der Waals surface area contributed by atoms with Crippen LogP contribution in [0.3, 0.4) is 0 Å². The molecule has 0 amide bonds. The summed E-state index contributed by atoms with van der Waals surface area (Å²) in [4.78, 5) is 31.5. The first kappa shape index (κ1) is 14.8. The molecule has 7 heteroatoms. The molecule has 0 spiro atoms. The van der Waals surface area contributed by atoms with Gasteiger partial charge in [-0.15, -0.1) is 0 Å². The van der Waals surface area contributed by atoms with Crippen LogP contribution in [0.15, 0.2) is 9.59 Å². The van der Waals surface area contributed by atoms with Crippen molar-refractivity contribution in [3.8, 4) is 0 Å². The van der Waals surface area contributed by atoms with Gasteiger partial charge < -0.3 is 4.98 Å². The number of aromatic amines is 1. The first-order chi connectivity index (χ1) is 9.60. The molecule has 0 radical (unpaired) electrons. The van der Waals surface area contributed by atoms with Gasteiger partial charge in [0, 0.05) is 13.1 Å². The number of rotatable bonds is 6. The maximum atomic E-state index is 12.4. The van der Waals surface area contributed by atoms with Gasteiger partial charge in [0.25, 0.3) is 5.56 Å². The van der Waals surface area contributed by atoms with Gasteiger partial charge in [0.1, 0.15) is 0 Å². The highest BCUT2D eigenvalue weighted by Crippen LogP contribution is 2.10. The fraction of sp³-hybridized carbons (Fsp3) is 0.615. The molecule has 0 bridgehead atoms. The number of aryl methyl sites for hydroxylation is 1. The van der Waals surface area contributed by atoms with E-state index in [9.17, 15) is 9.59 Å². The van der Waals surface area contributed by atoms with Gasteiger partial charge in [0.05, 0.1) is 0 Å². The topological polar surface area (TPSA) is 72.7 Å². The van der Waals surface area contributed by atoms with E-state index in [0.29, 0.717) is 24.3 Å². The van der Waals surface area contributed by atoms with Crippen LogP contribution in [-0.2, 0) is 13.1 Å². The van der Waals surface area contributed by atoms with Gasteiger partial charge in [0.2, 0.25) is 5.28 Å². The van der Waals surface area contributed by atoms with Crippen molar-refractivity contribution >= 4 is 22.8 Å². The number of aromatic nitrogens is 4. The molecular weight excluding hydrogens is 280 g/mol. The highest BCUT2D eigenvalue weighted by Gasteiger charge is 2.16. The second-order valence-electron chi connectivity index (χ2n) is 4.82. The highest BCUT2D eigenvalue weighted by atomic mass is 35.5. The lowest BCUT2D eigenvalue weighted by molar-refractivity contribution is 0.534. The van der Waals surface area contributed by atoms with Crippen LogP contribution in [0.4, 0.5) is 0 Å². The summed E-state index contributed by atoms with van der Waals surface area (Å²) in [6.07, 6.45) is 3.69. The maximum Gasteiger partial charge on any atom is 0.332 e. The summed E-state index contributed by atoms with van der Waals surface area (Å²) < 4.78 is 2.80. The molecule has 0 unspecified atom stereocenters. The Bertz CT molecular complexity index is 713. The molecule has 2 rings (SSSR count). The predicted molar refractivity (Wildman–Crippen MR) is 79.4 cm³/mol. The summed E-state index contributed by atoms with van der Waals surface area (Å²) in [5.41, 5.74) is 0.00890. The Labute approximate surface area is 121 Å². The van der Waals surface area contributed by atoms with Gasteiger partial charge in [0.15, 0.2) is 11.2 Å². The van der Waals surface area contributed by atoms with Crippen LogP contribution in [0.1, 0.15) is 39.5 Å².